The molecule has 0 aromatic carbocycles. The van der Waals surface area contributed by atoms with Gasteiger partial charge in [-0.05, 0) is 6.07 Å². The average molecular weight is 342 g/mol. The molecule has 0 aliphatic carbocycles. The number of aliphatic hydroxyl groups is 1. The van der Waals surface area contributed by atoms with Crippen LogP contribution in [0.5, 0.6) is 0 Å². The van der Waals surface area contributed by atoms with Gasteiger partial charge >= 0.3 is 0 Å². The van der Waals surface area contributed by atoms with Crippen molar-refractivity contribution in [2.75, 3.05) is 26.8 Å². The van der Waals surface area contributed by atoms with Gasteiger partial charge in [0.1, 0.15) is 8.42 Å². The molecule has 8 nitrogen and oxygen atoms in total. The van der Waals surface area contributed by atoms with E-state index in [2.05, 4.69) is 0 Å². The number of β-amino-alcohol motifs (C(OH)–C–C–N with tert-alkyl or cyclic N) is 1. The maximum absolute atomic E-state index is 12.3. The molecular formula is C9H14N2O6S3. The van der Waals surface area contributed by atoms with Crippen LogP contribution >= 0.6 is 11.3 Å². The number of nitrogens with two attached hydrogens (primary N) is 1. The number of hydrogen-bond donors (Lipinski definition) is 2. The van der Waals surface area contributed by atoms with Gasteiger partial charge in [-0.15, -0.1) is 11.3 Å². The van der Waals surface area contributed by atoms with Gasteiger partial charge in [0, 0.05) is 25.8 Å². The molecule has 0 amide bonds. The van der Waals surface area contributed by atoms with E-state index in [9.17, 15) is 21.9 Å². The number of primary sulfonamides is 1. The van der Waals surface area contributed by atoms with E-state index in [1.165, 1.54) is 7.11 Å². The van der Waals surface area contributed by atoms with Crippen LogP contribution in [0.2, 0.25) is 0 Å². The van der Waals surface area contributed by atoms with Gasteiger partial charge in [0.05, 0.1) is 12.7 Å². The molecule has 2 rings (SSSR count). The van der Waals surface area contributed by atoms with E-state index in [-0.39, 0.29) is 33.7 Å². The second-order valence-electron chi connectivity index (χ2n) is 4.22. The number of methoxy groups -OCH3 is 1. The first kappa shape index (κ1) is 15.8. The summed E-state index contributed by atoms with van der Waals surface area (Å²) in [6.07, 6.45) is -1.09. The zero-order valence-corrected chi connectivity index (χ0v) is 13.0. The van der Waals surface area contributed by atoms with Crippen molar-refractivity contribution in [3.05, 3.63) is 11.6 Å². The molecule has 0 saturated heterocycles. The van der Waals surface area contributed by atoms with Crippen molar-refractivity contribution in [3.8, 4) is 0 Å². The third-order valence-corrected chi connectivity index (χ3v) is 7.80. The number of hydrogen-bond acceptors (Lipinski definition) is 7. The monoisotopic (exact) mass is 342 g/mol. The minimum Gasteiger partial charge on any atom is -0.387 e. The molecule has 114 valence electrons. The van der Waals surface area contributed by atoms with E-state index in [0.29, 0.717) is 11.3 Å². The Morgan fingerprint density at radius 1 is 1.60 bits per heavy atom. The predicted octanol–water partition coefficient (Wildman–Crippen LogP) is -0.920. The summed E-state index contributed by atoms with van der Waals surface area (Å²) in [6.45, 7) is 0.117. The van der Waals surface area contributed by atoms with Crippen molar-refractivity contribution in [3.63, 3.8) is 0 Å². The van der Waals surface area contributed by atoms with E-state index in [4.69, 9.17) is 9.88 Å². The molecule has 1 aliphatic heterocycles. The molecule has 2 heterocycles. The number of ether oxygens (including phenoxy) is 1. The highest BCUT2D eigenvalue weighted by Crippen LogP contribution is 2.39. The second-order valence-corrected chi connectivity index (χ2v) is 9.20. The zero-order chi connectivity index (χ0) is 15.1. The van der Waals surface area contributed by atoms with Crippen LogP contribution in [0.1, 0.15) is 11.7 Å². The molecule has 11 heteroatoms. The summed E-state index contributed by atoms with van der Waals surface area (Å²) in [5.74, 6) is 0. The molecule has 1 aromatic rings. The van der Waals surface area contributed by atoms with Gasteiger partial charge in [-0.3, -0.25) is 0 Å². The lowest BCUT2D eigenvalue weighted by atomic mass is 10.2. The maximum Gasteiger partial charge on any atom is 0.253 e. The Labute approximate surface area is 120 Å². The van der Waals surface area contributed by atoms with Gasteiger partial charge in [0.2, 0.25) is 10.0 Å². The van der Waals surface area contributed by atoms with E-state index in [0.717, 1.165) is 10.4 Å². The Bertz CT molecular complexity index is 708. The Kier molecular flexibility index (Phi) is 4.22. The highest BCUT2D eigenvalue weighted by molar-refractivity contribution is 7.94. The fraction of sp³-hybridized carbons (Fsp3) is 0.556. The Morgan fingerprint density at radius 3 is 2.80 bits per heavy atom. The van der Waals surface area contributed by atoms with Crippen LogP contribution in [-0.4, -0.2) is 53.1 Å². The molecule has 0 saturated carbocycles. The van der Waals surface area contributed by atoms with Crippen LogP contribution in [0, 0.1) is 0 Å². The molecule has 1 atom stereocenters. The topological polar surface area (TPSA) is 127 Å². The van der Waals surface area contributed by atoms with E-state index in [1.54, 1.807) is 0 Å². The largest absolute Gasteiger partial charge is 0.387 e. The molecule has 1 unspecified atom stereocenters. The highest BCUT2D eigenvalue weighted by atomic mass is 32.3. The van der Waals surface area contributed by atoms with Crippen molar-refractivity contribution in [1.82, 2.24) is 4.31 Å². The third kappa shape index (κ3) is 2.74. The minimum absolute atomic E-state index is 0.0766. The number of nitrogens with zero attached hydrogens (tertiary/aromatic N) is 1. The Morgan fingerprint density at radius 2 is 2.25 bits per heavy atom. The smallest absolute Gasteiger partial charge is 0.253 e. The zero-order valence-electron chi connectivity index (χ0n) is 10.5. The highest BCUT2D eigenvalue weighted by Gasteiger charge is 2.39. The average Bonchev–Trinajstić information content (AvgIpc) is 2.78. The van der Waals surface area contributed by atoms with Gasteiger partial charge in [-0.2, -0.15) is 4.31 Å². The summed E-state index contributed by atoms with van der Waals surface area (Å²) < 4.78 is 52.7. The fourth-order valence-corrected chi connectivity index (χ4v) is 6.08. The van der Waals surface area contributed by atoms with Gasteiger partial charge in [-0.25, -0.2) is 22.0 Å². The minimum atomic E-state index is -4.01. The number of thiophene rings is 1. The molecular weight excluding hydrogens is 328 g/mol. The van der Waals surface area contributed by atoms with E-state index < -0.39 is 26.2 Å². The molecule has 20 heavy (non-hydrogen) atoms. The molecule has 1 aromatic heterocycles. The lowest BCUT2D eigenvalue weighted by Crippen LogP contribution is -2.40. The van der Waals surface area contributed by atoms with Crippen molar-refractivity contribution < 1.29 is 26.7 Å². The SMILES string of the molecule is COCCN1CC(O)c2cc(S(N)(=O)=O)sc2S1(=O)=O. The van der Waals surface area contributed by atoms with E-state index in [1.807, 2.05) is 0 Å². The normalized spacial score (nSPS) is 22.6. The molecule has 0 fully saturated rings. The molecule has 0 spiro atoms. The number of fused-ring (bicyclic) bond motifs is 1. The number of rotatable bonds is 4. The molecule has 1 aliphatic rings. The molecule has 0 bridgehead atoms. The standard InChI is InChI=1S/C9H14N2O6S3/c1-17-3-2-11-5-7(12)6-4-8(19(10,13)14)18-9(6)20(11,15)16/h4,7,12H,2-3,5H2,1H3,(H2,10,13,14). The van der Waals surface area contributed by atoms with Crippen LogP contribution < -0.4 is 5.14 Å². The van der Waals surface area contributed by atoms with Crippen molar-refractivity contribution >= 4 is 31.4 Å². The first-order chi connectivity index (χ1) is 9.17. The summed E-state index contributed by atoms with van der Waals surface area (Å²) in [5, 5.41) is 15.0. The third-order valence-electron chi connectivity index (χ3n) is 2.84. The summed E-state index contributed by atoms with van der Waals surface area (Å²) in [7, 11) is -6.41. The molecule has 0 radical (unpaired) electrons. The van der Waals surface area contributed by atoms with Crippen molar-refractivity contribution in [2.24, 2.45) is 5.14 Å². The number of sulfonamides is 2. The Balaban J connectivity index is 2.51. The lowest BCUT2D eigenvalue weighted by Gasteiger charge is -2.29. The van der Waals surface area contributed by atoms with E-state index >= 15 is 0 Å². The summed E-state index contributed by atoms with van der Waals surface area (Å²) in [6, 6.07) is 1.12. The number of aliphatic hydroxyl groups excluding tert-OH is 1. The lowest BCUT2D eigenvalue weighted by molar-refractivity contribution is 0.120. The first-order valence-corrected chi connectivity index (χ1v) is 9.32. The quantitative estimate of drug-likeness (QED) is 0.728. The summed E-state index contributed by atoms with van der Waals surface area (Å²) >= 11 is 0.547. The summed E-state index contributed by atoms with van der Waals surface area (Å²) in [5.41, 5.74) is 0.0766. The van der Waals surface area contributed by atoms with Gasteiger partial charge in [-0.1, -0.05) is 0 Å². The summed E-state index contributed by atoms with van der Waals surface area (Å²) in [4.78, 5) is 0. The Hall–Kier alpha value is -0.560. The van der Waals surface area contributed by atoms with Crippen LogP contribution in [0.25, 0.3) is 0 Å². The van der Waals surface area contributed by atoms with Crippen molar-refractivity contribution in [1.29, 1.82) is 0 Å². The maximum atomic E-state index is 12.3. The predicted molar refractivity (Wildman–Crippen MR) is 71.3 cm³/mol. The van der Waals surface area contributed by atoms with Crippen LogP contribution in [0.15, 0.2) is 14.5 Å². The van der Waals surface area contributed by atoms with Crippen LogP contribution in [0.3, 0.4) is 0 Å². The first-order valence-electron chi connectivity index (χ1n) is 5.51. The van der Waals surface area contributed by atoms with Gasteiger partial charge < -0.3 is 9.84 Å². The fourth-order valence-electron chi connectivity index (χ4n) is 1.85. The molecule has 3 N–H and O–H groups in total. The second kappa shape index (κ2) is 5.33. The van der Waals surface area contributed by atoms with Crippen LogP contribution in [0.4, 0.5) is 0 Å². The van der Waals surface area contributed by atoms with Crippen LogP contribution in [-0.2, 0) is 24.8 Å². The van der Waals surface area contributed by atoms with Gasteiger partial charge in [0.25, 0.3) is 10.0 Å². The van der Waals surface area contributed by atoms with Crippen molar-refractivity contribution in [2.45, 2.75) is 14.5 Å². The van der Waals surface area contributed by atoms with Gasteiger partial charge in [0.15, 0.2) is 0 Å².